The van der Waals surface area contributed by atoms with Crippen molar-refractivity contribution in [1.82, 2.24) is 10.6 Å². The zero-order valence-corrected chi connectivity index (χ0v) is 45.8. The fourth-order valence-electron chi connectivity index (χ4n) is 8.28. The van der Waals surface area contributed by atoms with Crippen LogP contribution in [-0.2, 0) is 19.2 Å². The van der Waals surface area contributed by atoms with E-state index < -0.39 is 58.7 Å². The van der Waals surface area contributed by atoms with Crippen molar-refractivity contribution in [3.63, 3.8) is 0 Å². The van der Waals surface area contributed by atoms with Gasteiger partial charge in [-0.25, -0.2) is 9.59 Å². The van der Waals surface area contributed by atoms with Crippen molar-refractivity contribution < 1.29 is 48.6 Å². The molecule has 0 radical (unpaired) electrons. The molecule has 0 aliphatic carbocycles. The summed E-state index contributed by atoms with van der Waals surface area (Å²) in [6, 6.07) is 41.3. The van der Waals surface area contributed by atoms with Crippen LogP contribution in [0.3, 0.4) is 0 Å². The average molecular weight is 1070 g/mol. The summed E-state index contributed by atoms with van der Waals surface area (Å²) < 4.78 is 0. The molecule has 2 atom stereocenters. The Balaban J connectivity index is 0.000000246. The molecule has 2 aliphatic rings. The zero-order chi connectivity index (χ0) is 54.9. The van der Waals surface area contributed by atoms with Gasteiger partial charge in [-0.3, -0.25) is 19.2 Å². The van der Waals surface area contributed by atoms with Crippen molar-refractivity contribution in [2.75, 3.05) is 56.4 Å². The van der Waals surface area contributed by atoms with Gasteiger partial charge in [0.1, 0.15) is 12.1 Å². The van der Waals surface area contributed by atoms with Gasteiger partial charge in [-0.2, -0.15) is 0 Å². The number of para-hydroxylation sites is 6. The normalized spacial score (nSPS) is 15.1. The van der Waals surface area contributed by atoms with Crippen LogP contribution in [0.15, 0.2) is 158 Å². The van der Waals surface area contributed by atoms with Crippen molar-refractivity contribution in [3.05, 3.63) is 169 Å². The standard InChI is InChI=1S/2C29H30N4O5.Ca/c2*1-29(2,3)25(34)18-33-24-15-8-7-14-23(24)32(21-12-5-4-6-13-21)17-22(26(33)35)31-28(38)30-20-11-9-10-19(16-20)27(36)37;/h2*4-16,22H,17-18H2,1-3H3,(H,36,37)(H2,30,31,38);/q;;+2/p-2/t2*22-;/m11./s1. The first-order valence-corrected chi connectivity index (χ1v) is 24.4. The molecule has 0 bridgehead atoms. The average Bonchev–Trinajstić information content (AvgIpc) is 3.59. The fourth-order valence-corrected chi connectivity index (χ4v) is 8.28. The number of benzene rings is 6. The molecule has 0 fully saturated rings. The van der Waals surface area contributed by atoms with E-state index in [2.05, 4.69) is 21.3 Å². The molecule has 4 N–H and O–H groups in total. The quantitative estimate of drug-likeness (QED) is 0.0988. The summed E-state index contributed by atoms with van der Waals surface area (Å²) in [7, 11) is 0. The molecule has 19 heteroatoms. The third kappa shape index (κ3) is 14.7. The number of Topliss-reactive ketones (excluding diaryl/α,β-unsaturated/α-hetero) is 2. The summed E-state index contributed by atoms with van der Waals surface area (Å²) >= 11 is 0. The maximum atomic E-state index is 13.9. The van der Waals surface area contributed by atoms with Crippen molar-refractivity contribution in [2.45, 2.75) is 53.6 Å². The van der Waals surface area contributed by atoms with Crippen molar-refractivity contribution in [1.29, 1.82) is 0 Å². The smallest absolute Gasteiger partial charge is 0.545 e. The van der Waals surface area contributed by atoms with Crippen LogP contribution in [0.1, 0.15) is 62.3 Å². The Morgan fingerprint density at radius 2 is 0.792 bits per heavy atom. The van der Waals surface area contributed by atoms with Crippen LogP contribution in [0.25, 0.3) is 0 Å². The van der Waals surface area contributed by atoms with Gasteiger partial charge >= 0.3 is 49.8 Å². The largest absolute Gasteiger partial charge is 2.00 e. The fraction of sp³-hybridized carbons (Fsp3) is 0.241. The number of carbonyl (C=O) groups is 8. The van der Waals surface area contributed by atoms with Crippen molar-refractivity contribution in [2.24, 2.45) is 10.8 Å². The molecule has 6 aromatic rings. The predicted octanol–water partition coefficient (Wildman–Crippen LogP) is 6.30. The third-order valence-corrected chi connectivity index (χ3v) is 12.5. The number of amides is 6. The van der Waals surface area contributed by atoms with E-state index in [4.69, 9.17) is 0 Å². The Kier molecular flexibility index (Phi) is 19.0. The number of fused-ring (bicyclic) bond motifs is 2. The molecule has 18 nitrogen and oxygen atoms in total. The van der Waals surface area contributed by atoms with Crippen molar-refractivity contribution >= 4 is 131 Å². The number of hydrogen-bond acceptors (Lipinski definition) is 12. The summed E-state index contributed by atoms with van der Waals surface area (Å²) in [6.07, 6.45) is 0. The van der Waals surface area contributed by atoms with E-state index in [9.17, 15) is 48.6 Å². The number of anilines is 8. The number of carboxylic acids is 2. The van der Waals surface area contributed by atoms with Gasteiger partial charge in [0.25, 0.3) is 11.8 Å². The second kappa shape index (κ2) is 25.2. The van der Waals surface area contributed by atoms with E-state index >= 15 is 0 Å². The van der Waals surface area contributed by atoms with Gasteiger partial charge in [0, 0.05) is 33.6 Å². The summed E-state index contributed by atoms with van der Waals surface area (Å²) in [5.74, 6) is -3.88. The number of urea groups is 2. The molecule has 392 valence electrons. The Bertz CT molecular complexity index is 2950. The first-order chi connectivity index (χ1) is 36.1. The van der Waals surface area contributed by atoms with Crippen LogP contribution in [-0.4, -0.2) is 123 Å². The van der Waals surface area contributed by atoms with E-state index in [0.29, 0.717) is 11.4 Å². The van der Waals surface area contributed by atoms with Gasteiger partial charge in [-0.1, -0.05) is 126 Å². The molecule has 0 saturated carbocycles. The summed E-state index contributed by atoms with van der Waals surface area (Å²) in [5, 5.41) is 33.0. The minimum absolute atomic E-state index is 0. The molecule has 8 rings (SSSR count). The maximum absolute atomic E-state index is 13.9. The predicted molar refractivity (Wildman–Crippen MR) is 293 cm³/mol. The molecule has 2 heterocycles. The molecule has 0 saturated heterocycles. The monoisotopic (exact) mass is 1070 g/mol. The molecule has 77 heavy (non-hydrogen) atoms. The van der Waals surface area contributed by atoms with Crippen LogP contribution < -0.4 is 51.1 Å². The van der Waals surface area contributed by atoms with Crippen LogP contribution in [0, 0.1) is 10.8 Å². The summed E-state index contributed by atoms with van der Waals surface area (Å²) in [6.45, 7) is 10.7. The van der Waals surface area contributed by atoms with Crippen LogP contribution in [0.2, 0.25) is 0 Å². The minimum Gasteiger partial charge on any atom is -0.545 e. The van der Waals surface area contributed by atoms with Crippen LogP contribution in [0.5, 0.6) is 0 Å². The van der Waals surface area contributed by atoms with Crippen molar-refractivity contribution in [3.8, 4) is 0 Å². The number of ketones is 2. The first-order valence-electron chi connectivity index (χ1n) is 24.4. The molecule has 6 amide bonds. The number of rotatable bonds is 12. The molecular formula is C58H58CaN8O10. The molecule has 2 aliphatic heterocycles. The number of nitrogens with zero attached hydrogens (tertiary/aromatic N) is 4. The molecule has 0 spiro atoms. The minimum atomic E-state index is -1.37. The Morgan fingerprint density at radius 3 is 1.12 bits per heavy atom. The van der Waals surface area contributed by atoms with Gasteiger partial charge in [0.15, 0.2) is 11.6 Å². The molecule has 6 aromatic carbocycles. The van der Waals surface area contributed by atoms with Crippen LogP contribution in [0.4, 0.5) is 55.1 Å². The van der Waals surface area contributed by atoms with E-state index in [0.717, 1.165) is 22.7 Å². The van der Waals surface area contributed by atoms with E-state index in [1.165, 1.54) is 58.3 Å². The number of carboxylic acid groups (broad SMARTS) is 2. The topological polar surface area (TPSA) is 244 Å². The molecule has 0 unspecified atom stereocenters. The van der Waals surface area contributed by atoms with Gasteiger partial charge in [-0.15, -0.1) is 0 Å². The number of aromatic carboxylic acids is 2. The SMILES string of the molecule is CC(C)(C)C(=O)CN1C(=O)[C@H](NC(=O)Nc2cccc(C(=O)[O-])c2)CN(c2ccccc2)c2ccccc21.CC(C)(C)C(=O)CN1C(=O)[C@H](NC(=O)Nc2cccc(C(=O)[O-])c2)CN(c2ccccc2)c2ccccc21.[Ca+2]. The third-order valence-electron chi connectivity index (χ3n) is 12.5. The summed E-state index contributed by atoms with van der Waals surface area (Å²) in [4.78, 5) is 109. The molecule has 0 aromatic heterocycles. The molecular weight excluding hydrogens is 1010 g/mol. The van der Waals surface area contributed by atoms with Crippen LogP contribution >= 0.6 is 0 Å². The summed E-state index contributed by atoms with van der Waals surface area (Å²) in [5.41, 5.74) is 3.11. The van der Waals surface area contributed by atoms with Gasteiger partial charge in [0.2, 0.25) is 0 Å². The van der Waals surface area contributed by atoms with E-state index in [-0.39, 0.29) is 98.0 Å². The van der Waals surface area contributed by atoms with Gasteiger partial charge in [-0.05, 0) is 83.9 Å². The van der Waals surface area contributed by atoms with E-state index in [1.807, 2.05) is 94.7 Å². The zero-order valence-electron chi connectivity index (χ0n) is 43.6. The van der Waals surface area contributed by atoms with E-state index in [1.54, 1.807) is 65.8 Å². The Labute approximate surface area is 476 Å². The second-order valence-corrected chi connectivity index (χ2v) is 20.1. The number of hydrogen-bond donors (Lipinski definition) is 4. The van der Waals surface area contributed by atoms with Gasteiger partial charge in [0.05, 0.1) is 60.9 Å². The first kappa shape index (κ1) is 58.2. The Hall–Kier alpha value is -8.06. The van der Waals surface area contributed by atoms with Gasteiger partial charge < -0.3 is 60.7 Å². The number of carbonyl (C=O) groups excluding carboxylic acids is 8. The Morgan fingerprint density at radius 1 is 0.468 bits per heavy atom. The second-order valence-electron chi connectivity index (χ2n) is 20.1. The maximum Gasteiger partial charge on any atom is 2.00 e. The number of nitrogens with one attached hydrogen (secondary N) is 4.